The second-order valence-corrected chi connectivity index (χ2v) is 4.88. The van der Waals surface area contributed by atoms with Crippen LogP contribution in [-0.2, 0) is 9.53 Å². The third kappa shape index (κ3) is 3.33. The lowest BCUT2D eigenvalue weighted by Gasteiger charge is -2.13. The van der Waals surface area contributed by atoms with E-state index in [0.717, 1.165) is 0 Å². The molecule has 1 aliphatic heterocycles. The minimum atomic E-state index is -0.485. The zero-order valence-corrected chi connectivity index (χ0v) is 12.4. The quantitative estimate of drug-likeness (QED) is 0.488. The van der Waals surface area contributed by atoms with Crippen LogP contribution in [0.3, 0.4) is 0 Å². The molecule has 6 nitrogen and oxygen atoms in total. The lowest BCUT2D eigenvalue weighted by atomic mass is 10.1. The number of nitrogens with two attached hydrogens (primary N) is 1. The molecule has 0 unspecified atom stereocenters. The van der Waals surface area contributed by atoms with Gasteiger partial charge in [-0.05, 0) is 31.9 Å². The number of hydrogen-bond donors (Lipinski definition) is 1. The van der Waals surface area contributed by atoms with Gasteiger partial charge in [0.15, 0.2) is 0 Å². The molecule has 1 aromatic carbocycles. The smallest absolute Gasteiger partial charge is 0.332 e. The Balaban J connectivity index is 1.90. The van der Waals surface area contributed by atoms with Gasteiger partial charge in [-0.1, -0.05) is 12.1 Å². The molecule has 2 rings (SSSR count). The van der Waals surface area contributed by atoms with Crippen molar-refractivity contribution in [2.45, 2.75) is 19.8 Å². The minimum Gasteiger partial charge on any atom is -0.463 e. The maximum atomic E-state index is 12.1. The molecular formula is C16H18N2O4. The number of rotatable bonds is 6. The van der Waals surface area contributed by atoms with E-state index >= 15 is 0 Å². The first-order chi connectivity index (χ1) is 10.5. The molecule has 1 heterocycles. The fraction of sp³-hybridized carbons (Fsp3) is 0.312. The van der Waals surface area contributed by atoms with Crippen molar-refractivity contribution in [2.24, 2.45) is 5.73 Å². The largest absolute Gasteiger partial charge is 0.463 e. The van der Waals surface area contributed by atoms with E-state index in [1.54, 1.807) is 31.2 Å². The van der Waals surface area contributed by atoms with Crippen molar-refractivity contribution in [3.63, 3.8) is 0 Å². The zero-order valence-electron chi connectivity index (χ0n) is 12.4. The molecule has 0 saturated carbocycles. The van der Waals surface area contributed by atoms with E-state index < -0.39 is 5.97 Å². The topological polar surface area (TPSA) is 89.7 Å². The fourth-order valence-electron chi connectivity index (χ4n) is 2.29. The molecule has 1 aliphatic rings. The van der Waals surface area contributed by atoms with Gasteiger partial charge in [-0.25, -0.2) is 4.79 Å². The minimum absolute atomic E-state index is 0.268. The Morgan fingerprint density at radius 3 is 2.36 bits per heavy atom. The molecule has 1 aromatic rings. The fourth-order valence-corrected chi connectivity index (χ4v) is 2.29. The highest BCUT2D eigenvalue weighted by molar-refractivity contribution is 6.21. The van der Waals surface area contributed by atoms with Crippen molar-refractivity contribution in [2.75, 3.05) is 13.2 Å². The number of allylic oxidation sites excluding steroid dienone is 1. The number of ether oxygens (including phenoxy) is 1. The Morgan fingerprint density at radius 1 is 1.23 bits per heavy atom. The van der Waals surface area contributed by atoms with Gasteiger partial charge in [-0.15, -0.1) is 0 Å². The van der Waals surface area contributed by atoms with Gasteiger partial charge in [0.1, 0.15) is 0 Å². The van der Waals surface area contributed by atoms with Gasteiger partial charge >= 0.3 is 5.97 Å². The number of carbonyl (C=O) groups is 3. The monoisotopic (exact) mass is 302 g/mol. The van der Waals surface area contributed by atoms with E-state index in [2.05, 4.69) is 0 Å². The summed E-state index contributed by atoms with van der Waals surface area (Å²) in [6.45, 7) is 2.27. The summed E-state index contributed by atoms with van der Waals surface area (Å²) in [6, 6.07) is 6.75. The van der Waals surface area contributed by atoms with Crippen molar-refractivity contribution in [1.29, 1.82) is 0 Å². The van der Waals surface area contributed by atoms with Crippen molar-refractivity contribution in [3.05, 3.63) is 47.2 Å². The molecule has 22 heavy (non-hydrogen) atoms. The highest BCUT2D eigenvalue weighted by atomic mass is 16.5. The highest BCUT2D eigenvalue weighted by Crippen LogP contribution is 2.22. The SMILES string of the molecule is CCOC(=O)/C=C(\N)CCCN1C(=O)c2ccccc2C1=O. The first-order valence-corrected chi connectivity index (χ1v) is 7.12. The van der Waals surface area contributed by atoms with Gasteiger partial charge in [-0.3, -0.25) is 14.5 Å². The molecule has 116 valence electrons. The Hall–Kier alpha value is -2.63. The number of fused-ring (bicyclic) bond motifs is 1. The molecule has 0 bridgehead atoms. The zero-order chi connectivity index (χ0) is 16.1. The summed E-state index contributed by atoms with van der Waals surface area (Å²) < 4.78 is 4.75. The van der Waals surface area contributed by atoms with Crippen LogP contribution in [0.1, 0.15) is 40.5 Å². The second kappa shape index (κ2) is 6.89. The van der Waals surface area contributed by atoms with Crippen molar-refractivity contribution < 1.29 is 19.1 Å². The number of hydrogen-bond acceptors (Lipinski definition) is 5. The van der Waals surface area contributed by atoms with Gasteiger partial charge in [-0.2, -0.15) is 0 Å². The molecule has 0 atom stereocenters. The standard InChI is InChI=1S/C16H18N2O4/c1-2-22-14(19)10-11(17)6-5-9-18-15(20)12-7-3-4-8-13(12)16(18)21/h3-4,7-8,10H,2,5-6,9,17H2,1H3/b11-10-. The van der Waals surface area contributed by atoms with Crippen LogP contribution in [0.25, 0.3) is 0 Å². The van der Waals surface area contributed by atoms with Gasteiger partial charge in [0.2, 0.25) is 0 Å². The number of imide groups is 1. The van der Waals surface area contributed by atoms with Crippen LogP contribution in [0.2, 0.25) is 0 Å². The van der Waals surface area contributed by atoms with Crippen molar-refractivity contribution >= 4 is 17.8 Å². The van der Waals surface area contributed by atoms with Crippen LogP contribution in [0, 0.1) is 0 Å². The molecule has 0 aromatic heterocycles. The Bertz CT molecular complexity index is 602. The van der Waals surface area contributed by atoms with E-state index in [0.29, 0.717) is 29.7 Å². The van der Waals surface area contributed by atoms with Gasteiger partial charge in [0.05, 0.1) is 17.7 Å². The van der Waals surface area contributed by atoms with E-state index in [-0.39, 0.29) is 25.0 Å². The summed E-state index contributed by atoms with van der Waals surface area (Å²) in [5.41, 5.74) is 6.95. The van der Waals surface area contributed by atoms with Crippen LogP contribution < -0.4 is 5.73 Å². The maximum absolute atomic E-state index is 12.1. The molecular weight excluding hydrogens is 284 g/mol. The van der Waals surface area contributed by atoms with E-state index in [9.17, 15) is 14.4 Å². The third-order valence-corrected chi connectivity index (χ3v) is 3.32. The predicted octanol–water partition coefficient (Wildman–Crippen LogP) is 1.47. The van der Waals surface area contributed by atoms with Crippen molar-refractivity contribution in [3.8, 4) is 0 Å². The van der Waals surface area contributed by atoms with Crippen LogP contribution in [0.5, 0.6) is 0 Å². The number of benzene rings is 1. The van der Waals surface area contributed by atoms with Crippen LogP contribution in [-0.4, -0.2) is 35.8 Å². The molecule has 2 amide bonds. The number of nitrogens with zero attached hydrogens (tertiary/aromatic N) is 1. The van der Waals surface area contributed by atoms with Gasteiger partial charge in [0.25, 0.3) is 11.8 Å². The molecule has 2 N–H and O–H groups in total. The number of amides is 2. The normalized spacial score (nSPS) is 14.2. The summed E-state index contributed by atoms with van der Waals surface area (Å²) in [5, 5.41) is 0. The van der Waals surface area contributed by atoms with Crippen LogP contribution in [0.15, 0.2) is 36.0 Å². The summed E-state index contributed by atoms with van der Waals surface area (Å²) in [6.07, 6.45) is 2.13. The molecule has 6 heteroatoms. The summed E-state index contributed by atoms with van der Waals surface area (Å²) in [7, 11) is 0. The Morgan fingerprint density at radius 2 is 1.82 bits per heavy atom. The maximum Gasteiger partial charge on any atom is 0.332 e. The summed E-state index contributed by atoms with van der Waals surface area (Å²) in [5.74, 6) is -1.05. The number of esters is 1. The molecule has 0 spiro atoms. The lowest BCUT2D eigenvalue weighted by molar-refractivity contribution is -0.137. The number of carbonyl (C=O) groups excluding carboxylic acids is 3. The molecule has 0 radical (unpaired) electrons. The third-order valence-electron chi connectivity index (χ3n) is 3.32. The second-order valence-electron chi connectivity index (χ2n) is 4.88. The lowest BCUT2D eigenvalue weighted by Crippen LogP contribution is -2.30. The Kier molecular flexibility index (Phi) is 4.93. The summed E-state index contributed by atoms with van der Waals surface area (Å²) in [4.78, 5) is 36.7. The molecule has 0 saturated heterocycles. The van der Waals surface area contributed by atoms with Gasteiger partial charge < -0.3 is 10.5 Å². The average Bonchev–Trinajstić information content (AvgIpc) is 2.73. The first-order valence-electron chi connectivity index (χ1n) is 7.12. The van der Waals surface area contributed by atoms with Crippen molar-refractivity contribution in [1.82, 2.24) is 4.90 Å². The molecule has 0 aliphatic carbocycles. The average molecular weight is 302 g/mol. The van der Waals surface area contributed by atoms with Crippen LogP contribution >= 0.6 is 0 Å². The molecule has 0 fully saturated rings. The van der Waals surface area contributed by atoms with Gasteiger partial charge in [0, 0.05) is 18.3 Å². The highest BCUT2D eigenvalue weighted by Gasteiger charge is 2.34. The summed E-state index contributed by atoms with van der Waals surface area (Å²) >= 11 is 0. The van der Waals surface area contributed by atoms with E-state index in [1.807, 2.05) is 0 Å². The van der Waals surface area contributed by atoms with E-state index in [1.165, 1.54) is 11.0 Å². The first kappa shape index (κ1) is 15.8. The van der Waals surface area contributed by atoms with E-state index in [4.69, 9.17) is 10.5 Å². The predicted molar refractivity (Wildman–Crippen MR) is 79.9 cm³/mol. The Labute approximate surface area is 128 Å². The van der Waals surface area contributed by atoms with Crippen LogP contribution in [0.4, 0.5) is 0 Å².